The number of carbonyl (C=O) groups is 4. The van der Waals surface area contributed by atoms with Gasteiger partial charge in [0.1, 0.15) is 12.1 Å². The summed E-state index contributed by atoms with van der Waals surface area (Å²) in [4.78, 5) is 48.2. The zero-order chi connectivity index (χ0) is 23.4. The molecule has 4 N–H and O–H groups in total. The van der Waals surface area contributed by atoms with Gasteiger partial charge in [-0.2, -0.15) is 0 Å². The van der Waals surface area contributed by atoms with E-state index in [4.69, 9.17) is 28.3 Å². The van der Waals surface area contributed by atoms with Crippen molar-refractivity contribution in [2.45, 2.75) is 38.3 Å². The van der Waals surface area contributed by atoms with Crippen molar-refractivity contribution in [2.24, 2.45) is 0 Å². The summed E-state index contributed by atoms with van der Waals surface area (Å²) < 4.78 is 0. The molecular weight excluding hydrogens is 449 g/mol. The van der Waals surface area contributed by atoms with Crippen molar-refractivity contribution >= 4 is 52.6 Å². The molecule has 1 aromatic carbocycles. The van der Waals surface area contributed by atoms with Gasteiger partial charge in [0, 0.05) is 50.3 Å². The minimum Gasteiger partial charge on any atom is -0.481 e. The van der Waals surface area contributed by atoms with Gasteiger partial charge in [0.15, 0.2) is 0 Å². The van der Waals surface area contributed by atoms with E-state index in [9.17, 15) is 24.3 Å². The first kappa shape index (κ1) is 26.5. The summed E-state index contributed by atoms with van der Waals surface area (Å²) >= 11 is 11.7. The van der Waals surface area contributed by atoms with Crippen LogP contribution in [0.5, 0.6) is 0 Å². The highest BCUT2D eigenvalue weighted by molar-refractivity contribution is 6.18. The Morgan fingerprint density at radius 2 is 1.55 bits per heavy atom. The molecule has 0 heterocycles. The first-order valence-electron chi connectivity index (χ1n) is 9.65. The van der Waals surface area contributed by atoms with Crippen LogP contribution >= 0.6 is 23.2 Å². The van der Waals surface area contributed by atoms with Gasteiger partial charge in [-0.1, -0.05) is 12.1 Å². The normalized spacial score (nSPS) is 12.5. The van der Waals surface area contributed by atoms with E-state index in [1.54, 1.807) is 12.1 Å². The van der Waals surface area contributed by atoms with Gasteiger partial charge in [0.25, 0.3) is 0 Å². The highest BCUT2D eigenvalue weighted by Crippen LogP contribution is 2.17. The van der Waals surface area contributed by atoms with Crippen molar-refractivity contribution in [2.75, 3.05) is 29.7 Å². The minimum absolute atomic E-state index is 0.127. The van der Waals surface area contributed by atoms with Crippen molar-refractivity contribution in [3.05, 3.63) is 29.8 Å². The van der Waals surface area contributed by atoms with E-state index < -0.39 is 42.3 Å². The molecule has 0 radical (unpaired) electrons. The lowest BCUT2D eigenvalue weighted by atomic mass is 10.0. The molecule has 0 aliphatic rings. The van der Waals surface area contributed by atoms with Crippen LogP contribution in [0.2, 0.25) is 0 Å². The molecule has 0 spiro atoms. The van der Waals surface area contributed by atoms with Gasteiger partial charge < -0.3 is 25.7 Å². The van der Waals surface area contributed by atoms with E-state index in [2.05, 4.69) is 10.6 Å². The smallest absolute Gasteiger partial charge is 0.326 e. The lowest BCUT2D eigenvalue weighted by Gasteiger charge is -2.24. The van der Waals surface area contributed by atoms with Gasteiger partial charge in [-0.05, 0) is 24.1 Å². The van der Waals surface area contributed by atoms with E-state index in [1.165, 1.54) is 6.92 Å². The Morgan fingerprint density at radius 3 is 2.00 bits per heavy atom. The van der Waals surface area contributed by atoms with E-state index in [0.29, 0.717) is 24.8 Å². The summed E-state index contributed by atoms with van der Waals surface area (Å²) in [5.74, 6) is -2.80. The molecule has 0 saturated carbocycles. The van der Waals surface area contributed by atoms with Crippen molar-refractivity contribution in [1.29, 1.82) is 0 Å². The second-order valence-electron chi connectivity index (χ2n) is 6.82. The third-order valence-corrected chi connectivity index (χ3v) is 4.74. The van der Waals surface area contributed by atoms with Crippen molar-refractivity contribution in [3.8, 4) is 0 Å². The Kier molecular flexibility index (Phi) is 11.7. The fraction of sp³-hybridized carbons (Fsp3) is 0.500. The maximum atomic E-state index is 12.6. The molecule has 2 atom stereocenters. The topological polar surface area (TPSA) is 136 Å². The lowest BCUT2D eigenvalue weighted by molar-refractivity contribution is -0.143. The number of rotatable bonds is 14. The zero-order valence-corrected chi connectivity index (χ0v) is 18.7. The average molecular weight is 476 g/mol. The third kappa shape index (κ3) is 9.89. The van der Waals surface area contributed by atoms with Gasteiger partial charge in [-0.3, -0.25) is 14.4 Å². The molecule has 1 rings (SSSR count). The van der Waals surface area contributed by atoms with E-state index in [-0.39, 0.29) is 12.8 Å². The lowest BCUT2D eigenvalue weighted by Crippen LogP contribution is -2.52. The second-order valence-corrected chi connectivity index (χ2v) is 7.58. The average Bonchev–Trinajstić information content (AvgIpc) is 2.70. The summed E-state index contributed by atoms with van der Waals surface area (Å²) in [5.41, 5.74) is 1.65. The minimum atomic E-state index is -1.37. The number of hydrogen-bond acceptors (Lipinski definition) is 5. The van der Waals surface area contributed by atoms with Gasteiger partial charge in [-0.15, -0.1) is 23.2 Å². The van der Waals surface area contributed by atoms with Crippen LogP contribution in [-0.2, 0) is 25.6 Å². The molecule has 0 aliphatic heterocycles. The molecule has 31 heavy (non-hydrogen) atoms. The van der Waals surface area contributed by atoms with Gasteiger partial charge in [-0.25, -0.2) is 4.79 Å². The fourth-order valence-electron chi connectivity index (χ4n) is 2.90. The largest absolute Gasteiger partial charge is 0.481 e. The third-order valence-electron chi connectivity index (χ3n) is 4.41. The Morgan fingerprint density at radius 1 is 0.968 bits per heavy atom. The Balaban J connectivity index is 2.91. The number of carboxylic acid groups (broad SMARTS) is 2. The molecule has 1 aromatic rings. The number of nitrogens with zero attached hydrogens (tertiary/aromatic N) is 1. The van der Waals surface area contributed by atoms with Crippen molar-refractivity contribution < 1.29 is 29.4 Å². The molecule has 0 bridgehead atoms. The van der Waals surface area contributed by atoms with Crippen molar-refractivity contribution in [1.82, 2.24) is 10.6 Å². The standard InChI is InChI=1S/C20H27Cl2N3O6/c1-13(26)23-17(19(29)24-16(20(30)31)6-7-18(27)28)12-14-2-4-15(5-3-14)25(10-8-21)11-9-22/h2-5,16-17H,6-12H2,1H3,(H,23,26)(H,24,29)(H,27,28)(H,30,31)/t16-,17?/m0/s1. The van der Waals surface area contributed by atoms with E-state index in [1.807, 2.05) is 17.0 Å². The quantitative estimate of drug-likeness (QED) is 0.299. The number of halogens is 2. The van der Waals surface area contributed by atoms with Gasteiger partial charge in [0.2, 0.25) is 11.8 Å². The number of carbonyl (C=O) groups excluding carboxylic acids is 2. The Bertz CT molecular complexity index is 754. The summed E-state index contributed by atoms with van der Waals surface area (Å²) in [5, 5.41) is 22.8. The number of carboxylic acids is 2. The van der Waals surface area contributed by atoms with Crippen molar-refractivity contribution in [3.63, 3.8) is 0 Å². The highest BCUT2D eigenvalue weighted by atomic mass is 35.5. The molecule has 1 unspecified atom stereocenters. The predicted octanol–water partition coefficient (Wildman–Crippen LogP) is 1.45. The summed E-state index contributed by atoms with van der Waals surface area (Å²) in [6, 6.07) is 4.91. The first-order valence-corrected chi connectivity index (χ1v) is 10.7. The fourth-order valence-corrected chi connectivity index (χ4v) is 3.31. The van der Waals surface area contributed by atoms with Crippen LogP contribution < -0.4 is 15.5 Å². The maximum absolute atomic E-state index is 12.6. The van der Waals surface area contributed by atoms with E-state index in [0.717, 1.165) is 11.3 Å². The molecule has 2 amide bonds. The zero-order valence-electron chi connectivity index (χ0n) is 17.1. The van der Waals surface area contributed by atoms with Crippen LogP contribution in [0.4, 0.5) is 5.69 Å². The molecule has 9 nitrogen and oxygen atoms in total. The first-order chi connectivity index (χ1) is 14.7. The molecule has 0 saturated heterocycles. The Labute approximate surface area is 190 Å². The van der Waals surface area contributed by atoms with Gasteiger partial charge in [0.05, 0.1) is 0 Å². The van der Waals surface area contributed by atoms with Crippen LogP contribution in [0.3, 0.4) is 0 Å². The molecular formula is C20H27Cl2N3O6. The van der Waals surface area contributed by atoms with E-state index >= 15 is 0 Å². The van der Waals surface area contributed by atoms with Crippen LogP contribution in [0.15, 0.2) is 24.3 Å². The number of hydrogen-bond donors (Lipinski definition) is 4. The molecule has 11 heteroatoms. The van der Waals surface area contributed by atoms with Crippen LogP contribution in [-0.4, -0.2) is 70.9 Å². The number of amides is 2. The molecule has 0 fully saturated rings. The second kappa shape index (κ2) is 13.7. The molecule has 172 valence electrons. The number of anilines is 1. The molecule has 0 aromatic heterocycles. The number of nitrogens with one attached hydrogen (secondary N) is 2. The SMILES string of the molecule is CC(=O)NC(Cc1ccc(N(CCCl)CCCl)cc1)C(=O)N[C@@H](CCC(=O)O)C(=O)O. The monoisotopic (exact) mass is 475 g/mol. The highest BCUT2D eigenvalue weighted by Gasteiger charge is 2.26. The molecule has 0 aliphatic carbocycles. The van der Waals surface area contributed by atoms with Gasteiger partial charge >= 0.3 is 11.9 Å². The number of benzene rings is 1. The van der Waals surface area contributed by atoms with Crippen LogP contribution in [0.25, 0.3) is 0 Å². The summed E-state index contributed by atoms with van der Waals surface area (Å²) in [7, 11) is 0. The van der Waals surface area contributed by atoms with Crippen LogP contribution in [0, 0.1) is 0 Å². The van der Waals surface area contributed by atoms with Crippen LogP contribution in [0.1, 0.15) is 25.3 Å². The predicted molar refractivity (Wildman–Crippen MR) is 118 cm³/mol. The summed E-state index contributed by atoms with van der Waals surface area (Å²) in [6.45, 7) is 2.49. The Hall–Kier alpha value is -2.52. The maximum Gasteiger partial charge on any atom is 0.326 e. The number of aliphatic carboxylic acids is 2. The number of alkyl halides is 2. The summed E-state index contributed by atoms with van der Waals surface area (Å²) in [6.07, 6.45) is -0.554.